The van der Waals surface area contributed by atoms with Gasteiger partial charge in [0.05, 0.1) is 0 Å². The predicted octanol–water partition coefficient (Wildman–Crippen LogP) is 3.11. The van der Waals surface area contributed by atoms with E-state index >= 15 is 0 Å². The summed E-state index contributed by atoms with van der Waals surface area (Å²) in [6, 6.07) is 6.17. The van der Waals surface area contributed by atoms with Crippen molar-refractivity contribution in [2.45, 2.75) is 13.3 Å². The zero-order valence-electron chi connectivity index (χ0n) is 9.65. The lowest BCUT2D eigenvalue weighted by Crippen LogP contribution is -2.08. The number of aryl methyl sites for hydroxylation is 1. The quantitative estimate of drug-likeness (QED) is 0.818. The van der Waals surface area contributed by atoms with E-state index in [4.69, 9.17) is 0 Å². The zero-order valence-corrected chi connectivity index (χ0v) is 11.2. The lowest BCUT2D eigenvalue weighted by Gasteiger charge is -2.03. The molecule has 0 amide bonds. The molecule has 0 spiro atoms. The molecule has 0 aliphatic carbocycles. The van der Waals surface area contributed by atoms with Crippen LogP contribution in [0.25, 0.3) is 0 Å². The van der Waals surface area contributed by atoms with Crippen LogP contribution in [0, 0.1) is 12.7 Å². The minimum Gasteiger partial charge on any atom is -0.292 e. The number of hydrogen-bond donors (Lipinski definition) is 0. The molecule has 0 bridgehead atoms. The summed E-state index contributed by atoms with van der Waals surface area (Å²) in [5.41, 5.74) is 0.671. The van der Waals surface area contributed by atoms with Crippen molar-refractivity contribution in [1.82, 2.24) is 9.97 Å². The molecule has 1 aromatic carbocycles. The number of carbonyl (C=O) groups is 1. The Balaban J connectivity index is 2.21. The molecule has 2 rings (SSSR count). The highest BCUT2D eigenvalue weighted by atomic mass is 79.9. The number of rotatable bonds is 3. The summed E-state index contributed by atoms with van der Waals surface area (Å²) >= 11 is 3.17. The van der Waals surface area contributed by atoms with E-state index in [1.54, 1.807) is 19.1 Å². The molecule has 0 fully saturated rings. The molecular formula is C13H10BrFN2O. The molecule has 0 saturated carbocycles. The number of Topliss-reactive ketones (excluding diaryl/α,β-unsaturated/α-hetero) is 1. The number of hydrogen-bond acceptors (Lipinski definition) is 3. The molecule has 92 valence electrons. The fraction of sp³-hybridized carbons (Fsp3) is 0.154. The van der Waals surface area contributed by atoms with Crippen molar-refractivity contribution in [3.05, 3.63) is 57.8 Å². The highest BCUT2D eigenvalue weighted by Gasteiger charge is 2.12. The summed E-state index contributed by atoms with van der Waals surface area (Å²) in [5, 5.41) is 0. The first kappa shape index (κ1) is 12.8. The van der Waals surface area contributed by atoms with Crippen molar-refractivity contribution in [1.29, 1.82) is 0 Å². The number of nitrogens with zero attached hydrogens (tertiary/aromatic N) is 2. The molecule has 0 N–H and O–H groups in total. The van der Waals surface area contributed by atoms with Crippen molar-refractivity contribution in [2.75, 3.05) is 0 Å². The van der Waals surface area contributed by atoms with Gasteiger partial charge in [-0.05, 0) is 30.7 Å². The summed E-state index contributed by atoms with van der Waals surface area (Å²) in [4.78, 5) is 19.9. The zero-order chi connectivity index (χ0) is 13.1. The van der Waals surface area contributed by atoms with Gasteiger partial charge in [-0.1, -0.05) is 22.0 Å². The van der Waals surface area contributed by atoms with E-state index in [9.17, 15) is 9.18 Å². The Kier molecular flexibility index (Phi) is 3.81. The van der Waals surface area contributed by atoms with Crippen molar-refractivity contribution in [2.24, 2.45) is 0 Å². The molecule has 2 aromatic rings. The molecule has 0 aliphatic rings. The van der Waals surface area contributed by atoms with Gasteiger partial charge in [-0.3, -0.25) is 4.79 Å². The van der Waals surface area contributed by atoms with Crippen LogP contribution in [-0.4, -0.2) is 15.8 Å². The Labute approximate surface area is 112 Å². The second-order valence-electron chi connectivity index (χ2n) is 3.82. The third kappa shape index (κ3) is 2.98. The Morgan fingerprint density at radius 3 is 2.83 bits per heavy atom. The lowest BCUT2D eigenvalue weighted by atomic mass is 10.1. The van der Waals surface area contributed by atoms with Crippen molar-refractivity contribution < 1.29 is 9.18 Å². The molecular weight excluding hydrogens is 299 g/mol. The van der Waals surface area contributed by atoms with Gasteiger partial charge in [0, 0.05) is 17.1 Å². The first-order valence-corrected chi connectivity index (χ1v) is 6.12. The molecule has 18 heavy (non-hydrogen) atoms. The van der Waals surface area contributed by atoms with Crippen LogP contribution in [0.5, 0.6) is 0 Å². The van der Waals surface area contributed by atoms with Crippen LogP contribution >= 0.6 is 15.9 Å². The molecule has 0 radical (unpaired) electrons. The third-order valence-electron chi connectivity index (χ3n) is 2.43. The van der Waals surface area contributed by atoms with Crippen LogP contribution in [0.4, 0.5) is 4.39 Å². The average Bonchev–Trinajstić information content (AvgIpc) is 2.32. The number of ketones is 1. The first-order chi connectivity index (χ1) is 8.56. The summed E-state index contributed by atoms with van der Waals surface area (Å²) in [6.45, 7) is 1.71. The van der Waals surface area contributed by atoms with Gasteiger partial charge in [0.15, 0.2) is 5.78 Å². The summed E-state index contributed by atoms with van der Waals surface area (Å²) in [7, 11) is 0. The Morgan fingerprint density at radius 1 is 1.39 bits per heavy atom. The number of carbonyl (C=O) groups excluding carboxylic acids is 1. The van der Waals surface area contributed by atoms with Crippen LogP contribution in [-0.2, 0) is 6.42 Å². The van der Waals surface area contributed by atoms with Gasteiger partial charge in [0.25, 0.3) is 0 Å². The maximum Gasteiger partial charge on any atom is 0.185 e. The average molecular weight is 309 g/mol. The molecule has 0 atom stereocenters. The van der Waals surface area contributed by atoms with Crippen LogP contribution in [0.3, 0.4) is 0 Å². The number of benzene rings is 1. The molecule has 0 unspecified atom stereocenters. The minimum atomic E-state index is -0.400. The number of halogens is 2. The second-order valence-corrected chi connectivity index (χ2v) is 4.74. The smallest absolute Gasteiger partial charge is 0.185 e. The molecule has 0 aliphatic heterocycles. The monoisotopic (exact) mass is 308 g/mol. The van der Waals surface area contributed by atoms with Gasteiger partial charge in [-0.15, -0.1) is 0 Å². The van der Waals surface area contributed by atoms with Gasteiger partial charge in [0.1, 0.15) is 17.3 Å². The van der Waals surface area contributed by atoms with E-state index in [0.29, 0.717) is 21.6 Å². The Hall–Kier alpha value is -1.62. The standard InChI is InChI=1S/C13H10BrFN2O/c1-8-16-5-4-12(17-8)13(18)6-9-2-3-10(14)7-11(9)15/h2-5,7H,6H2,1H3. The van der Waals surface area contributed by atoms with Crippen LogP contribution < -0.4 is 0 Å². The number of aromatic nitrogens is 2. The molecule has 3 nitrogen and oxygen atoms in total. The van der Waals surface area contributed by atoms with E-state index in [1.807, 2.05) is 0 Å². The Bertz CT molecular complexity index is 601. The third-order valence-corrected chi connectivity index (χ3v) is 2.92. The van der Waals surface area contributed by atoms with Crippen LogP contribution in [0.15, 0.2) is 34.9 Å². The maximum atomic E-state index is 13.6. The van der Waals surface area contributed by atoms with Crippen molar-refractivity contribution in [3.63, 3.8) is 0 Å². The molecule has 5 heteroatoms. The summed E-state index contributed by atoms with van der Waals surface area (Å²) in [6.07, 6.45) is 1.52. The summed E-state index contributed by atoms with van der Waals surface area (Å²) < 4.78 is 14.2. The maximum absolute atomic E-state index is 13.6. The van der Waals surface area contributed by atoms with Gasteiger partial charge in [-0.2, -0.15) is 0 Å². The highest BCUT2D eigenvalue weighted by Crippen LogP contribution is 2.16. The predicted molar refractivity (Wildman–Crippen MR) is 68.9 cm³/mol. The molecule has 1 aromatic heterocycles. The normalized spacial score (nSPS) is 10.4. The van der Waals surface area contributed by atoms with E-state index < -0.39 is 5.82 Å². The topological polar surface area (TPSA) is 42.9 Å². The van der Waals surface area contributed by atoms with E-state index in [2.05, 4.69) is 25.9 Å². The van der Waals surface area contributed by atoms with Crippen molar-refractivity contribution in [3.8, 4) is 0 Å². The molecule has 1 heterocycles. The first-order valence-electron chi connectivity index (χ1n) is 5.33. The van der Waals surface area contributed by atoms with Crippen molar-refractivity contribution >= 4 is 21.7 Å². The largest absolute Gasteiger partial charge is 0.292 e. The van der Waals surface area contributed by atoms with Crippen LogP contribution in [0.2, 0.25) is 0 Å². The van der Waals surface area contributed by atoms with Gasteiger partial charge in [-0.25, -0.2) is 14.4 Å². The van der Waals surface area contributed by atoms with Gasteiger partial charge in [0.2, 0.25) is 0 Å². The fourth-order valence-electron chi connectivity index (χ4n) is 1.54. The van der Waals surface area contributed by atoms with E-state index in [1.165, 1.54) is 18.3 Å². The van der Waals surface area contributed by atoms with Gasteiger partial charge >= 0.3 is 0 Å². The van der Waals surface area contributed by atoms with E-state index in [-0.39, 0.29) is 12.2 Å². The molecule has 0 saturated heterocycles. The van der Waals surface area contributed by atoms with E-state index in [0.717, 1.165) is 0 Å². The van der Waals surface area contributed by atoms with Gasteiger partial charge < -0.3 is 0 Å². The lowest BCUT2D eigenvalue weighted by molar-refractivity contribution is 0.0986. The Morgan fingerprint density at radius 2 is 2.17 bits per heavy atom. The fourth-order valence-corrected chi connectivity index (χ4v) is 1.87. The minimum absolute atomic E-state index is 0.00440. The van der Waals surface area contributed by atoms with Crippen LogP contribution in [0.1, 0.15) is 21.9 Å². The SMILES string of the molecule is Cc1nccc(C(=O)Cc2ccc(Br)cc2F)n1. The summed E-state index contributed by atoms with van der Waals surface area (Å²) in [5.74, 6) is -0.0950. The second kappa shape index (κ2) is 5.35. The highest BCUT2D eigenvalue weighted by molar-refractivity contribution is 9.10.